The molecular formula is C21H14ClFN2O4. The zero-order chi connectivity index (χ0) is 20.0. The van der Waals surface area contributed by atoms with E-state index >= 15 is 0 Å². The SMILES string of the molecule is O=C1OCc2c(cc3n(c2=O)Cc2c-3nc3cc(F)c(Cl)c4c3c2CCC4)C1O. The number of aliphatic hydroxyl groups is 1. The number of carbonyl (C=O) groups excluding carboxylic acids is 1. The zero-order valence-corrected chi connectivity index (χ0v) is 15.8. The van der Waals surface area contributed by atoms with Gasteiger partial charge < -0.3 is 14.4 Å². The van der Waals surface area contributed by atoms with Crippen LogP contribution >= 0.6 is 11.6 Å². The van der Waals surface area contributed by atoms with Crippen molar-refractivity contribution in [2.45, 2.75) is 38.5 Å². The molecule has 0 bridgehead atoms. The third-order valence-electron chi connectivity index (χ3n) is 6.20. The number of cyclic esters (lactones) is 1. The minimum absolute atomic E-state index is 0.141. The molecule has 1 aliphatic carbocycles. The van der Waals surface area contributed by atoms with Gasteiger partial charge in [0.2, 0.25) is 0 Å². The van der Waals surface area contributed by atoms with Gasteiger partial charge in [-0.3, -0.25) is 4.79 Å². The first-order chi connectivity index (χ1) is 14.0. The summed E-state index contributed by atoms with van der Waals surface area (Å²) in [5.74, 6) is -1.28. The maximum Gasteiger partial charge on any atom is 0.340 e. The molecule has 0 saturated heterocycles. The van der Waals surface area contributed by atoms with Crippen LogP contribution in [0.25, 0.3) is 22.3 Å². The largest absolute Gasteiger partial charge is 0.458 e. The van der Waals surface area contributed by atoms with Crippen molar-refractivity contribution in [2.24, 2.45) is 0 Å². The van der Waals surface area contributed by atoms with Gasteiger partial charge in [0.1, 0.15) is 12.4 Å². The maximum absolute atomic E-state index is 14.4. The number of carbonyl (C=O) groups is 1. The molecule has 1 atom stereocenters. The van der Waals surface area contributed by atoms with Crippen LogP contribution in [0.15, 0.2) is 16.9 Å². The van der Waals surface area contributed by atoms with Crippen LogP contribution in [0, 0.1) is 5.82 Å². The molecule has 1 N–H and O–H groups in total. The zero-order valence-electron chi connectivity index (χ0n) is 15.1. The number of esters is 1. The van der Waals surface area contributed by atoms with Crippen LogP contribution in [0.1, 0.15) is 40.3 Å². The molecule has 1 aromatic carbocycles. The standard InChI is InChI=1S/C21H14ClFN2O4/c22-17-9-3-1-2-8-11-6-25-15(18(11)24-14(16(8)9)5-13(17)23)4-10-12(20(25)27)7-29-21(28)19(10)26/h4-5,19,26H,1-3,6-7H2. The lowest BCUT2D eigenvalue weighted by Gasteiger charge is -2.21. The first-order valence-corrected chi connectivity index (χ1v) is 9.77. The van der Waals surface area contributed by atoms with Crippen molar-refractivity contribution in [3.05, 3.63) is 61.1 Å². The highest BCUT2D eigenvalue weighted by molar-refractivity contribution is 6.32. The molecule has 0 saturated carbocycles. The average molecular weight is 413 g/mol. The molecule has 3 aliphatic rings. The maximum atomic E-state index is 14.4. The van der Waals surface area contributed by atoms with E-state index in [0.717, 1.165) is 34.9 Å². The van der Waals surface area contributed by atoms with Gasteiger partial charge in [-0.25, -0.2) is 14.2 Å². The molecule has 1 unspecified atom stereocenters. The van der Waals surface area contributed by atoms with E-state index in [0.29, 0.717) is 29.9 Å². The molecule has 29 heavy (non-hydrogen) atoms. The lowest BCUT2D eigenvalue weighted by molar-refractivity contribution is -0.157. The van der Waals surface area contributed by atoms with Crippen molar-refractivity contribution in [1.82, 2.24) is 9.55 Å². The Hall–Kier alpha value is -2.77. The van der Waals surface area contributed by atoms with E-state index in [1.54, 1.807) is 10.6 Å². The summed E-state index contributed by atoms with van der Waals surface area (Å²) in [6.07, 6.45) is 0.823. The molecule has 0 fully saturated rings. The molecule has 2 aromatic heterocycles. The predicted octanol–water partition coefficient (Wildman–Crippen LogP) is 2.80. The average Bonchev–Trinajstić information content (AvgIpc) is 3.08. The smallest absolute Gasteiger partial charge is 0.340 e. The highest BCUT2D eigenvalue weighted by atomic mass is 35.5. The lowest BCUT2D eigenvalue weighted by atomic mass is 9.87. The summed E-state index contributed by atoms with van der Waals surface area (Å²) < 4.78 is 20.9. The first kappa shape index (κ1) is 17.1. The van der Waals surface area contributed by atoms with Crippen molar-refractivity contribution in [1.29, 1.82) is 0 Å². The van der Waals surface area contributed by atoms with Crippen LogP contribution in [0.5, 0.6) is 0 Å². The van der Waals surface area contributed by atoms with Crippen molar-refractivity contribution in [3.8, 4) is 11.4 Å². The van der Waals surface area contributed by atoms with Gasteiger partial charge in [0.15, 0.2) is 6.10 Å². The van der Waals surface area contributed by atoms with Crippen LogP contribution in [0.2, 0.25) is 5.02 Å². The van der Waals surface area contributed by atoms with Gasteiger partial charge in [-0.2, -0.15) is 0 Å². The molecule has 2 aliphatic heterocycles. The van der Waals surface area contributed by atoms with Crippen LogP contribution < -0.4 is 5.56 Å². The van der Waals surface area contributed by atoms with Crippen molar-refractivity contribution in [3.63, 3.8) is 0 Å². The van der Waals surface area contributed by atoms with E-state index < -0.39 is 17.9 Å². The number of rotatable bonds is 0. The Bertz CT molecular complexity index is 1350. The number of halogens is 2. The molecule has 146 valence electrons. The van der Waals surface area contributed by atoms with Crippen LogP contribution in [0.3, 0.4) is 0 Å². The Morgan fingerprint density at radius 2 is 1.97 bits per heavy atom. The molecular weight excluding hydrogens is 399 g/mol. The van der Waals surface area contributed by atoms with Gasteiger partial charge in [0.25, 0.3) is 5.56 Å². The minimum Gasteiger partial charge on any atom is -0.458 e. The fraction of sp³-hybridized carbons (Fsp3) is 0.286. The predicted molar refractivity (Wildman–Crippen MR) is 102 cm³/mol. The Morgan fingerprint density at radius 1 is 1.17 bits per heavy atom. The third-order valence-corrected chi connectivity index (χ3v) is 6.61. The molecule has 3 aromatic rings. The van der Waals surface area contributed by atoms with Crippen molar-refractivity contribution < 1.29 is 19.0 Å². The van der Waals surface area contributed by atoms with E-state index in [2.05, 4.69) is 4.98 Å². The highest BCUT2D eigenvalue weighted by Gasteiger charge is 2.35. The Balaban J connectivity index is 1.68. The highest BCUT2D eigenvalue weighted by Crippen LogP contribution is 2.42. The van der Waals surface area contributed by atoms with Crippen molar-refractivity contribution in [2.75, 3.05) is 0 Å². The van der Waals surface area contributed by atoms with Gasteiger partial charge >= 0.3 is 5.97 Å². The lowest BCUT2D eigenvalue weighted by Crippen LogP contribution is -2.32. The number of aryl methyl sites for hydroxylation is 2. The quantitative estimate of drug-likeness (QED) is 0.449. The van der Waals surface area contributed by atoms with Crippen LogP contribution in [0.4, 0.5) is 4.39 Å². The number of hydrogen-bond donors (Lipinski definition) is 1. The van der Waals surface area contributed by atoms with Crippen LogP contribution in [-0.2, 0) is 35.5 Å². The molecule has 0 spiro atoms. The third kappa shape index (κ3) is 2.12. The molecule has 6 rings (SSSR count). The van der Waals surface area contributed by atoms with E-state index in [9.17, 15) is 19.1 Å². The Labute approximate surface area is 168 Å². The summed E-state index contributed by atoms with van der Waals surface area (Å²) >= 11 is 6.23. The first-order valence-electron chi connectivity index (χ1n) is 9.39. The molecule has 4 heterocycles. The van der Waals surface area contributed by atoms with Gasteiger partial charge in [-0.1, -0.05) is 11.6 Å². The minimum atomic E-state index is -1.50. The summed E-state index contributed by atoms with van der Waals surface area (Å²) in [4.78, 5) is 29.5. The topological polar surface area (TPSA) is 81.4 Å². The number of benzene rings is 1. The normalized spacial score (nSPS) is 19.0. The fourth-order valence-electron chi connectivity index (χ4n) is 4.86. The van der Waals surface area contributed by atoms with E-state index in [4.69, 9.17) is 16.3 Å². The molecule has 0 radical (unpaired) electrons. The second kappa shape index (κ2) is 5.64. The molecule has 0 amide bonds. The molecule has 6 nitrogen and oxygen atoms in total. The second-order valence-corrected chi connectivity index (χ2v) is 8.06. The number of aromatic nitrogens is 2. The van der Waals surface area contributed by atoms with E-state index in [1.807, 2.05) is 0 Å². The fourth-order valence-corrected chi connectivity index (χ4v) is 5.11. The van der Waals surface area contributed by atoms with Crippen molar-refractivity contribution >= 4 is 28.5 Å². The van der Waals surface area contributed by atoms with Gasteiger partial charge in [0, 0.05) is 22.6 Å². The van der Waals surface area contributed by atoms with Gasteiger partial charge in [-0.15, -0.1) is 0 Å². The van der Waals surface area contributed by atoms with Gasteiger partial charge in [0.05, 0.1) is 34.0 Å². The number of pyridine rings is 2. The molecule has 8 heteroatoms. The summed E-state index contributed by atoms with van der Waals surface area (Å²) in [6.45, 7) is 0.182. The van der Waals surface area contributed by atoms with E-state index in [1.165, 1.54) is 6.07 Å². The Kier molecular flexibility index (Phi) is 3.33. The number of ether oxygens (including phenoxy) is 1. The summed E-state index contributed by atoms with van der Waals surface area (Å²) in [5.41, 5.74) is 4.59. The monoisotopic (exact) mass is 412 g/mol. The van der Waals surface area contributed by atoms with Crippen LogP contribution in [-0.4, -0.2) is 20.6 Å². The Morgan fingerprint density at radius 3 is 2.79 bits per heavy atom. The van der Waals surface area contributed by atoms with E-state index in [-0.39, 0.29) is 28.3 Å². The second-order valence-electron chi connectivity index (χ2n) is 7.68. The number of aliphatic hydroxyl groups excluding tert-OH is 1. The summed E-state index contributed by atoms with van der Waals surface area (Å²) in [7, 11) is 0. The number of nitrogens with zero attached hydrogens (tertiary/aromatic N) is 2. The number of hydrogen-bond acceptors (Lipinski definition) is 5. The summed E-state index contributed by atoms with van der Waals surface area (Å²) in [6, 6.07) is 2.97. The van der Waals surface area contributed by atoms with Gasteiger partial charge in [-0.05, 0) is 36.5 Å². The number of fused-ring (bicyclic) bond motifs is 5. The summed E-state index contributed by atoms with van der Waals surface area (Å²) in [5, 5.41) is 11.2.